The van der Waals surface area contributed by atoms with E-state index in [1.165, 1.54) is 22.2 Å². The summed E-state index contributed by atoms with van der Waals surface area (Å²) in [7, 11) is 0. The Hall–Kier alpha value is -1.95. The molecule has 1 N–H and O–H groups in total. The second-order valence-corrected chi connectivity index (χ2v) is 4.98. The monoisotopic (exact) mass is 264 g/mol. The zero-order valence-corrected chi connectivity index (χ0v) is 10.8. The van der Waals surface area contributed by atoms with Gasteiger partial charge in [0.25, 0.3) is 5.56 Å². The summed E-state index contributed by atoms with van der Waals surface area (Å²) in [4.78, 5) is 26.9. The smallest absolute Gasteiger partial charge is 0.328 e. The lowest BCUT2D eigenvalue weighted by Crippen LogP contribution is -2.20. The highest BCUT2D eigenvalue weighted by Crippen LogP contribution is 2.19. The quantitative estimate of drug-likeness (QED) is 0.858. The standard InChI is InChI=1S/C12H12N2O3S/c1-7(3-9(15)16)4-14-6-13-10-8(2)5-18-11(10)12(14)17/h3,5-6H,4H2,1-2H3,(H,15,16). The number of thiophene rings is 1. The fraction of sp³-hybridized carbons (Fsp3) is 0.250. The molecule has 0 aliphatic heterocycles. The van der Waals surface area contributed by atoms with Crippen molar-refractivity contribution in [3.8, 4) is 0 Å². The van der Waals surface area contributed by atoms with Gasteiger partial charge in [-0.25, -0.2) is 9.78 Å². The lowest BCUT2D eigenvalue weighted by molar-refractivity contribution is -0.131. The van der Waals surface area contributed by atoms with E-state index >= 15 is 0 Å². The van der Waals surface area contributed by atoms with E-state index in [9.17, 15) is 9.59 Å². The second kappa shape index (κ2) is 4.73. The Labute approximate surface area is 107 Å². The van der Waals surface area contributed by atoms with Crippen LogP contribution >= 0.6 is 11.3 Å². The molecule has 0 saturated heterocycles. The molecule has 0 radical (unpaired) electrons. The number of aromatic nitrogens is 2. The lowest BCUT2D eigenvalue weighted by atomic mass is 10.2. The lowest BCUT2D eigenvalue weighted by Gasteiger charge is -2.04. The molecule has 0 aromatic carbocycles. The van der Waals surface area contributed by atoms with E-state index in [1.807, 2.05) is 12.3 Å². The number of allylic oxidation sites excluding steroid dienone is 1. The van der Waals surface area contributed by atoms with Gasteiger partial charge in [0, 0.05) is 12.6 Å². The third-order valence-electron chi connectivity index (χ3n) is 2.51. The summed E-state index contributed by atoms with van der Waals surface area (Å²) in [6, 6.07) is 0. The fourth-order valence-electron chi connectivity index (χ4n) is 1.70. The largest absolute Gasteiger partial charge is 0.478 e. The third-order valence-corrected chi connectivity index (χ3v) is 3.59. The number of carbonyl (C=O) groups is 1. The van der Waals surface area contributed by atoms with Crippen LogP contribution in [0.2, 0.25) is 0 Å². The van der Waals surface area contributed by atoms with E-state index in [4.69, 9.17) is 5.11 Å². The maximum absolute atomic E-state index is 12.1. The minimum absolute atomic E-state index is 0.128. The van der Waals surface area contributed by atoms with Gasteiger partial charge in [-0.2, -0.15) is 0 Å². The number of aryl methyl sites for hydroxylation is 1. The number of aliphatic carboxylic acids is 1. The SMILES string of the molecule is CC(=CC(=O)O)Cn1cnc2c(C)csc2c1=O. The molecule has 94 valence electrons. The molecule has 0 spiro atoms. The van der Waals surface area contributed by atoms with Crippen molar-refractivity contribution in [3.63, 3.8) is 0 Å². The number of rotatable bonds is 3. The van der Waals surface area contributed by atoms with Crippen molar-refractivity contribution in [1.29, 1.82) is 0 Å². The van der Waals surface area contributed by atoms with E-state index < -0.39 is 5.97 Å². The van der Waals surface area contributed by atoms with E-state index in [-0.39, 0.29) is 12.1 Å². The van der Waals surface area contributed by atoms with Gasteiger partial charge in [-0.15, -0.1) is 11.3 Å². The Bertz CT molecular complexity index is 697. The number of hydrogen-bond acceptors (Lipinski definition) is 4. The summed E-state index contributed by atoms with van der Waals surface area (Å²) in [6.07, 6.45) is 2.56. The normalized spacial score (nSPS) is 12.0. The molecule has 0 atom stereocenters. The van der Waals surface area contributed by atoms with Gasteiger partial charge in [0.15, 0.2) is 0 Å². The van der Waals surface area contributed by atoms with Crippen LogP contribution < -0.4 is 5.56 Å². The Morgan fingerprint density at radius 1 is 1.61 bits per heavy atom. The van der Waals surface area contributed by atoms with Gasteiger partial charge in [0.1, 0.15) is 4.70 Å². The minimum Gasteiger partial charge on any atom is -0.478 e. The van der Waals surface area contributed by atoms with Gasteiger partial charge in [0.05, 0.1) is 11.8 Å². The first kappa shape index (κ1) is 12.5. The van der Waals surface area contributed by atoms with Crippen LogP contribution in [0, 0.1) is 6.92 Å². The average Bonchev–Trinajstić information content (AvgIpc) is 2.64. The van der Waals surface area contributed by atoms with Crippen LogP contribution in [0.3, 0.4) is 0 Å². The molecule has 0 aliphatic rings. The molecule has 6 heteroatoms. The highest BCUT2D eigenvalue weighted by atomic mass is 32.1. The van der Waals surface area contributed by atoms with E-state index in [0.29, 0.717) is 10.3 Å². The van der Waals surface area contributed by atoms with Crippen molar-refractivity contribution in [2.24, 2.45) is 0 Å². The number of carboxylic acid groups (broad SMARTS) is 1. The number of fused-ring (bicyclic) bond motifs is 1. The van der Waals surface area contributed by atoms with Crippen molar-refractivity contribution in [1.82, 2.24) is 9.55 Å². The molecule has 18 heavy (non-hydrogen) atoms. The Balaban J connectivity index is 2.44. The molecule has 0 bridgehead atoms. The summed E-state index contributed by atoms with van der Waals surface area (Å²) in [5.74, 6) is -1.01. The zero-order valence-electron chi connectivity index (χ0n) is 10.0. The second-order valence-electron chi connectivity index (χ2n) is 4.10. The van der Waals surface area contributed by atoms with E-state index in [0.717, 1.165) is 17.2 Å². The van der Waals surface area contributed by atoms with Crippen LogP contribution in [0.15, 0.2) is 28.2 Å². The summed E-state index contributed by atoms with van der Waals surface area (Å²) in [6.45, 7) is 3.82. The average molecular weight is 264 g/mol. The van der Waals surface area contributed by atoms with Crippen LogP contribution in [-0.2, 0) is 11.3 Å². The van der Waals surface area contributed by atoms with Crippen molar-refractivity contribution < 1.29 is 9.90 Å². The van der Waals surface area contributed by atoms with Crippen LogP contribution in [0.25, 0.3) is 10.2 Å². The topological polar surface area (TPSA) is 72.2 Å². The van der Waals surface area contributed by atoms with Gasteiger partial charge < -0.3 is 5.11 Å². The molecule has 0 saturated carbocycles. The van der Waals surface area contributed by atoms with Crippen molar-refractivity contribution >= 4 is 27.5 Å². The van der Waals surface area contributed by atoms with Crippen LogP contribution in [0.1, 0.15) is 12.5 Å². The van der Waals surface area contributed by atoms with Gasteiger partial charge in [-0.1, -0.05) is 0 Å². The van der Waals surface area contributed by atoms with Crippen molar-refractivity contribution in [2.45, 2.75) is 20.4 Å². The Kier molecular flexibility index (Phi) is 3.29. The van der Waals surface area contributed by atoms with Gasteiger partial charge in [-0.3, -0.25) is 9.36 Å². The van der Waals surface area contributed by atoms with Crippen LogP contribution in [0.5, 0.6) is 0 Å². The highest BCUT2D eigenvalue weighted by Gasteiger charge is 2.08. The predicted octanol–water partition coefficient (Wildman–Crippen LogP) is 1.80. The maximum Gasteiger partial charge on any atom is 0.328 e. The highest BCUT2D eigenvalue weighted by molar-refractivity contribution is 7.17. The summed E-state index contributed by atoms with van der Waals surface area (Å²) < 4.78 is 2.03. The summed E-state index contributed by atoms with van der Waals surface area (Å²) in [5, 5.41) is 10.5. The third kappa shape index (κ3) is 2.33. The molecule has 5 nitrogen and oxygen atoms in total. The maximum atomic E-state index is 12.1. The molecule has 0 unspecified atom stereocenters. The Morgan fingerprint density at radius 3 is 3.00 bits per heavy atom. The van der Waals surface area contributed by atoms with Gasteiger partial charge in [-0.05, 0) is 30.4 Å². The van der Waals surface area contributed by atoms with Crippen molar-refractivity contribution in [2.75, 3.05) is 0 Å². The zero-order chi connectivity index (χ0) is 13.3. The molecule has 2 rings (SSSR count). The predicted molar refractivity (Wildman–Crippen MR) is 70.0 cm³/mol. The molecular weight excluding hydrogens is 252 g/mol. The van der Waals surface area contributed by atoms with Gasteiger partial charge >= 0.3 is 5.97 Å². The number of hydrogen-bond donors (Lipinski definition) is 1. The van der Waals surface area contributed by atoms with Crippen molar-refractivity contribution in [3.05, 3.63) is 39.3 Å². The van der Waals surface area contributed by atoms with E-state index in [2.05, 4.69) is 4.98 Å². The minimum atomic E-state index is -1.01. The first-order chi connectivity index (χ1) is 8.49. The van der Waals surface area contributed by atoms with E-state index in [1.54, 1.807) is 6.92 Å². The Morgan fingerprint density at radius 2 is 2.33 bits per heavy atom. The molecule has 2 aromatic heterocycles. The van der Waals surface area contributed by atoms with Gasteiger partial charge in [0.2, 0.25) is 0 Å². The molecule has 0 aliphatic carbocycles. The first-order valence-electron chi connectivity index (χ1n) is 5.32. The molecule has 0 amide bonds. The molecule has 2 heterocycles. The molecular formula is C12H12N2O3S. The number of nitrogens with zero attached hydrogens (tertiary/aromatic N) is 2. The fourth-order valence-corrected chi connectivity index (χ4v) is 2.65. The molecule has 0 fully saturated rings. The van der Waals surface area contributed by atoms with Crippen LogP contribution in [0.4, 0.5) is 0 Å². The van der Waals surface area contributed by atoms with Crippen LogP contribution in [-0.4, -0.2) is 20.6 Å². The number of carboxylic acids is 1. The summed E-state index contributed by atoms with van der Waals surface area (Å²) in [5.41, 5.74) is 2.17. The molecule has 2 aromatic rings. The summed E-state index contributed by atoms with van der Waals surface area (Å²) >= 11 is 1.36. The first-order valence-corrected chi connectivity index (χ1v) is 6.20.